The van der Waals surface area contributed by atoms with Crippen LogP contribution in [0.3, 0.4) is 0 Å². The molecule has 6 nitrogen and oxygen atoms in total. The van der Waals surface area contributed by atoms with Gasteiger partial charge in [-0.1, -0.05) is 0 Å². The number of piperidine rings is 1. The van der Waals surface area contributed by atoms with Crippen molar-refractivity contribution in [1.29, 1.82) is 0 Å². The highest BCUT2D eigenvalue weighted by molar-refractivity contribution is 5.94. The van der Waals surface area contributed by atoms with E-state index in [0.717, 1.165) is 25.9 Å². The number of hydrogen-bond acceptors (Lipinski definition) is 5. The van der Waals surface area contributed by atoms with Gasteiger partial charge in [-0.25, -0.2) is 0 Å². The molecular weight excluding hydrogens is 320 g/mol. The minimum atomic E-state index is -0.108. The van der Waals surface area contributed by atoms with Gasteiger partial charge >= 0.3 is 0 Å². The van der Waals surface area contributed by atoms with Gasteiger partial charge in [0.1, 0.15) is 0 Å². The fraction of sp³-hybridized carbons (Fsp3) is 0.632. The van der Waals surface area contributed by atoms with Gasteiger partial charge in [0.15, 0.2) is 11.5 Å². The molecule has 1 saturated heterocycles. The Bertz CT molecular complexity index is 563. The molecule has 1 aromatic carbocycles. The fourth-order valence-corrected chi connectivity index (χ4v) is 3.17. The summed E-state index contributed by atoms with van der Waals surface area (Å²) in [6, 6.07) is 5.27. The summed E-state index contributed by atoms with van der Waals surface area (Å²) in [6.45, 7) is 7.07. The molecular formula is C19H30N2O4. The maximum atomic E-state index is 12.6. The van der Waals surface area contributed by atoms with Crippen LogP contribution in [0.2, 0.25) is 0 Å². The number of benzene rings is 1. The second-order valence-corrected chi connectivity index (χ2v) is 6.90. The van der Waals surface area contributed by atoms with Crippen LogP contribution < -0.4 is 20.1 Å². The second kappa shape index (κ2) is 9.06. The van der Waals surface area contributed by atoms with Crippen LogP contribution in [0.15, 0.2) is 18.2 Å². The molecule has 1 aromatic rings. The second-order valence-electron chi connectivity index (χ2n) is 6.90. The van der Waals surface area contributed by atoms with Gasteiger partial charge in [0, 0.05) is 24.6 Å². The zero-order chi connectivity index (χ0) is 18.3. The summed E-state index contributed by atoms with van der Waals surface area (Å²) in [4.78, 5) is 12.6. The highest BCUT2D eigenvalue weighted by atomic mass is 16.5. The first kappa shape index (κ1) is 19.5. The van der Waals surface area contributed by atoms with Crippen molar-refractivity contribution in [3.05, 3.63) is 23.8 Å². The highest BCUT2D eigenvalue weighted by Gasteiger charge is 2.32. The summed E-state index contributed by atoms with van der Waals surface area (Å²) in [6.07, 6.45) is 2.03. The van der Waals surface area contributed by atoms with Crippen LogP contribution in [0.4, 0.5) is 0 Å². The van der Waals surface area contributed by atoms with Crippen LogP contribution in [-0.4, -0.2) is 52.5 Å². The van der Waals surface area contributed by atoms with Crippen LogP contribution in [0.25, 0.3) is 0 Å². The molecule has 0 aliphatic carbocycles. The van der Waals surface area contributed by atoms with E-state index in [-0.39, 0.29) is 17.4 Å². The molecule has 140 valence electrons. The van der Waals surface area contributed by atoms with Crippen molar-refractivity contribution >= 4 is 5.91 Å². The maximum absolute atomic E-state index is 12.6. The number of nitrogens with one attached hydrogen (secondary N) is 2. The predicted octanol–water partition coefficient (Wildman–Crippen LogP) is 2.23. The third-order valence-electron chi connectivity index (χ3n) is 4.53. The summed E-state index contributed by atoms with van der Waals surface area (Å²) in [5, 5.41) is 6.42. The quantitative estimate of drug-likeness (QED) is 0.752. The van der Waals surface area contributed by atoms with E-state index in [1.165, 1.54) is 0 Å². The van der Waals surface area contributed by atoms with Gasteiger partial charge < -0.3 is 24.8 Å². The summed E-state index contributed by atoms with van der Waals surface area (Å²) in [5.74, 6) is 1.10. The number of rotatable bonds is 8. The first-order valence-corrected chi connectivity index (χ1v) is 8.82. The van der Waals surface area contributed by atoms with E-state index < -0.39 is 0 Å². The first-order chi connectivity index (χ1) is 12.0. The monoisotopic (exact) mass is 350 g/mol. The Hall–Kier alpha value is -1.79. The molecule has 0 saturated carbocycles. The minimum absolute atomic E-state index is 0.000437. The SMILES string of the molecule is COCC1(CNC(=O)c2ccc(OC(C)C)c(OC)c2)CCNCC1. The Morgan fingerprint density at radius 3 is 2.56 bits per heavy atom. The zero-order valence-corrected chi connectivity index (χ0v) is 15.7. The van der Waals surface area contributed by atoms with Gasteiger partial charge in [-0.05, 0) is 58.0 Å². The molecule has 0 atom stereocenters. The number of ether oxygens (including phenoxy) is 3. The maximum Gasteiger partial charge on any atom is 0.251 e. The average molecular weight is 350 g/mol. The standard InChI is InChI=1S/C19H30N2O4/c1-14(2)25-16-6-5-15(11-17(16)24-4)18(22)21-12-19(13-23-3)7-9-20-10-8-19/h5-6,11,14,20H,7-10,12-13H2,1-4H3,(H,21,22). The van der Waals surface area contributed by atoms with Crippen LogP contribution in [0, 0.1) is 5.41 Å². The van der Waals surface area contributed by atoms with Crippen LogP contribution in [0.1, 0.15) is 37.0 Å². The van der Waals surface area contributed by atoms with Crippen molar-refractivity contribution in [3.63, 3.8) is 0 Å². The topological polar surface area (TPSA) is 68.8 Å². The lowest BCUT2D eigenvalue weighted by atomic mass is 9.79. The third kappa shape index (κ3) is 5.34. The molecule has 1 heterocycles. The van der Waals surface area contributed by atoms with Crippen molar-refractivity contribution in [2.24, 2.45) is 5.41 Å². The molecule has 0 radical (unpaired) electrons. The number of amides is 1. The molecule has 6 heteroatoms. The van der Waals surface area contributed by atoms with Gasteiger partial charge in [-0.15, -0.1) is 0 Å². The number of hydrogen-bond donors (Lipinski definition) is 2. The van der Waals surface area contributed by atoms with Gasteiger partial charge in [0.25, 0.3) is 5.91 Å². The van der Waals surface area contributed by atoms with Gasteiger partial charge in [-0.3, -0.25) is 4.79 Å². The van der Waals surface area contributed by atoms with E-state index in [0.29, 0.717) is 30.2 Å². The van der Waals surface area contributed by atoms with Crippen molar-refractivity contribution in [2.75, 3.05) is 40.5 Å². The average Bonchev–Trinajstić information content (AvgIpc) is 2.60. The lowest BCUT2D eigenvalue weighted by Gasteiger charge is -2.37. The Morgan fingerprint density at radius 2 is 1.96 bits per heavy atom. The number of carbonyl (C=O) groups excluding carboxylic acids is 1. The van der Waals surface area contributed by atoms with E-state index in [2.05, 4.69) is 10.6 Å². The van der Waals surface area contributed by atoms with Crippen LogP contribution >= 0.6 is 0 Å². The number of carbonyl (C=O) groups is 1. The third-order valence-corrected chi connectivity index (χ3v) is 4.53. The molecule has 2 rings (SSSR count). The zero-order valence-electron chi connectivity index (χ0n) is 15.7. The lowest BCUT2D eigenvalue weighted by molar-refractivity contribution is 0.0511. The molecule has 0 aromatic heterocycles. The molecule has 25 heavy (non-hydrogen) atoms. The van der Waals surface area contributed by atoms with Gasteiger partial charge in [-0.2, -0.15) is 0 Å². The molecule has 1 amide bonds. The lowest BCUT2D eigenvalue weighted by Crippen LogP contribution is -2.47. The molecule has 1 aliphatic heterocycles. The van der Waals surface area contributed by atoms with E-state index in [1.807, 2.05) is 13.8 Å². The van der Waals surface area contributed by atoms with Crippen LogP contribution in [-0.2, 0) is 4.74 Å². The molecule has 0 spiro atoms. The van der Waals surface area contributed by atoms with E-state index >= 15 is 0 Å². The van der Waals surface area contributed by atoms with Crippen molar-refractivity contribution in [2.45, 2.75) is 32.8 Å². The molecule has 0 unspecified atom stereocenters. The number of methoxy groups -OCH3 is 2. The van der Waals surface area contributed by atoms with Crippen LogP contribution in [0.5, 0.6) is 11.5 Å². The summed E-state index contributed by atoms with van der Waals surface area (Å²) in [5.41, 5.74) is 0.565. The largest absolute Gasteiger partial charge is 0.493 e. The minimum Gasteiger partial charge on any atom is -0.493 e. The van der Waals surface area contributed by atoms with E-state index in [4.69, 9.17) is 14.2 Å². The van der Waals surface area contributed by atoms with E-state index in [1.54, 1.807) is 32.4 Å². The molecule has 1 fully saturated rings. The Kier molecular flexibility index (Phi) is 7.08. The smallest absolute Gasteiger partial charge is 0.251 e. The normalized spacial score (nSPS) is 16.5. The summed E-state index contributed by atoms with van der Waals surface area (Å²) in [7, 11) is 3.29. The fourth-order valence-electron chi connectivity index (χ4n) is 3.17. The van der Waals surface area contributed by atoms with Gasteiger partial charge in [0.2, 0.25) is 0 Å². The Morgan fingerprint density at radius 1 is 1.24 bits per heavy atom. The summed E-state index contributed by atoms with van der Waals surface area (Å²) >= 11 is 0. The molecule has 2 N–H and O–H groups in total. The Labute approximate surface area is 150 Å². The Balaban J connectivity index is 2.04. The van der Waals surface area contributed by atoms with Gasteiger partial charge in [0.05, 0.1) is 19.8 Å². The van der Waals surface area contributed by atoms with E-state index in [9.17, 15) is 4.79 Å². The van der Waals surface area contributed by atoms with Crippen molar-refractivity contribution in [3.8, 4) is 11.5 Å². The molecule has 0 bridgehead atoms. The highest BCUT2D eigenvalue weighted by Crippen LogP contribution is 2.30. The predicted molar refractivity (Wildman–Crippen MR) is 97.5 cm³/mol. The van der Waals surface area contributed by atoms with Crippen molar-refractivity contribution in [1.82, 2.24) is 10.6 Å². The summed E-state index contributed by atoms with van der Waals surface area (Å²) < 4.78 is 16.4. The molecule has 1 aliphatic rings. The first-order valence-electron chi connectivity index (χ1n) is 8.82. The van der Waals surface area contributed by atoms with Crippen molar-refractivity contribution < 1.29 is 19.0 Å².